The van der Waals surface area contributed by atoms with Gasteiger partial charge in [0.15, 0.2) is 0 Å². The van der Waals surface area contributed by atoms with Gasteiger partial charge in [-0.25, -0.2) is 8.42 Å². The summed E-state index contributed by atoms with van der Waals surface area (Å²) in [6, 6.07) is 1.56. The van der Waals surface area contributed by atoms with E-state index in [4.69, 9.17) is 10.5 Å². The van der Waals surface area contributed by atoms with E-state index in [1.54, 1.807) is 10.3 Å². The van der Waals surface area contributed by atoms with Gasteiger partial charge in [-0.2, -0.15) is 4.31 Å². The highest BCUT2D eigenvalue weighted by Gasteiger charge is 2.34. The van der Waals surface area contributed by atoms with Gasteiger partial charge in [0.1, 0.15) is 9.77 Å². The van der Waals surface area contributed by atoms with Crippen molar-refractivity contribution in [2.24, 2.45) is 11.7 Å². The van der Waals surface area contributed by atoms with Gasteiger partial charge in [-0.15, -0.1) is 11.3 Å². The Morgan fingerprint density at radius 3 is 2.76 bits per heavy atom. The van der Waals surface area contributed by atoms with Gasteiger partial charge in [-0.3, -0.25) is 4.79 Å². The van der Waals surface area contributed by atoms with Crippen LogP contribution in [0.1, 0.15) is 29.4 Å². The van der Waals surface area contributed by atoms with Gasteiger partial charge in [0.25, 0.3) is 5.91 Å². The average Bonchev–Trinajstić information content (AvgIpc) is 3.12. The highest BCUT2D eigenvalue weighted by molar-refractivity contribution is 7.89. The Morgan fingerprint density at radius 2 is 2.08 bits per heavy atom. The molecule has 0 saturated carbocycles. The predicted molar refractivity (Wildman–Crippen MR) is 96.2 cm³/mol. The molecule has 1 aromatic heterocycles. The van der Waals surface area contributed by atoms with Gasteiger partial charge in [-0.05, 0) is 37.1 Å². The number of hydrogen-bond donors (Lipinski definition) is 1. The number of nitrogens with two attached hydrogens (primary N) is 1. The first-order valence-electron chi connectivity index (χ1n) is 8.61. The van der Waals surface area contributed by atoms with Crippen LogP contribution in [0.4, 0.5) is 0 Å². The van der Waals surface area contributed by atoms with E-state index in [1.807, 2.05) is 6.92 Å². The summed E-state index contributed by atoms with van der Waals surface area (Å²) in [6.07, 6.45) is 1.90. The van der Waals surface area contributed by atoms with Crippen LogP contribution >= 0.6 is 11.3 Å². The zero-order valence-electron chi connectivity index (χ0n) is 14.4. The van der Waals surface area contributed by atoms with Gasteiger partial charge in [0, 0.05) is 32.2 Å². The summed E-state index contributed by atoms with van der Waals surface area (Å²) in [4.78, 5) is 15.1. The number of nitrogens with zero attached hydrogens (tertiary/aromatic N) is 2. The number of carbonyl (C=O) groups excluding carboxylic acids is 1. The quantitative estimate of drug-likeness (QED) is 0.831. The third kappa shape index (κ3) is 3.90. The fourth-order valence-electron chi connectivity index (χ4n) is 3.35. The third-order valence-corrected chi connectivity index (χ3v) is 7.87. The zero-order valence-corrected chi connectivity index (χ0v) is 16.0. The SMILES string of the molecule is CC(N)C1CCCN(C(=O)c2sccc2S(=O)(=O)N2CCOCC2)C1. The molecule has 1 aromatic rings. The Hall–Kier alpha value is -1.00. The number of likely N-dealkylation sites (tertiary alicyclic amines) is 1. The molecule has 0 aromatic carbocycles. The Kier molecular flexibility index (Phi) is 5.79. The molecule has 2 fully saturated rings. The Bertz CT molecular complexity index is 711. The number of hydrogen-bond acceptors (Lipinski definition) is 6. The molecule has 3 heterocycles. The lowest BCUT2D eigenvalue weighted by atomic mass is 9.92. The van der Waals surface area contributed by atoms with Crippen molar-refractivity contribution in [1.29, 1.82) is 0 Å². The van der Waals surface area contributed by atoms with Crippen molar-refractivity contribution in [1.82, 2.24) is 9.21 Å². The molecular weight excluding hydrogens is 362 g/mol. The molecule has 1 amide bonds. The fraction of sp³-hybridized carbons (Fsp3) is 0.688. The lowest BCUT2D eigenvalue weighted by Crippen LogP contribution is -2.45. The van der Waals surface area contributed by atoms with E-state index in [9.17, 15) is 13.2 Å². The Morgan fingerprint density at radius 1 is 1.36 bits per heavy atom. The number of rotatable bonds is 4. The second-order valence-electron chi connectivity index (χ2n) is 6.64. The van der Waals surface area contributed by atoms with Crippen molar-refractivity contribution in [3.05, 3.63) is 16.3 Å². The molecule has 2 atom stereocenters. The largest absolute Gasteiger partial charge is 0.379 e. The van der Waals surface area contributed by atoms with Crippen molar-refractivity contribution < 1.29 is 17.9 Å². The highest BCUT2D eigenvalue weighted by Crippen LogP contribution is 2.29. The number of carbonyl (C=O) groups is 1. The molecule has 3 rings (SSSR count). The van der Waals surface area contributed by atoms with Crippen LogP contribution in [-0.2, 0) is 14.8 Å². The molecule has 0 radical (unpaired) electrons. The van der Waals surface area contributed by atoms with E-state index < -0.39 is 10.0 Å². The Balaban J connectivity index is 1.82. The fourth-order valence-corrected chi connectivity index (χ4v) is 6.12. The number of thiophene rings is 1. The molecular formula is C16H25N3O4S2. The minimum absolute atomic E-state index is 0.0236. The molecule has 0 spiro atoms. The summed E-state index contributed by atoms with van der Waals surface area (Å²) < 4.78 is 32.5. The average molecular weight is 388 g/mol. The summed E-state index contributed by atoms with van der Waals surface area (Å²) in [7, 11) is -3.67. The van der Waals surface area contributed by atoms with E-state index in [0.29, 0.717) is 44.3 Å². The number of morpholine rings is 1. The smallest absolute Gasteiger partial charge is 0.265 e. The summed E-state index contributed by atoms with van der Waals surface area (Å²) >= 11 is 1.19. The van der Waals surface area contributed by atoms with E-state index in [2.05, 4.69) is 0 Å². The zero-order chi connectivity index (χ0) is 18.0. The number of piperidine rings is 1. The third-order valence-electron chi connectivity index (χ3n) is 4.90. The van der Waals surface area contributed by atoms with E-state index in [0.717, 1.165) is 12.8 Å². The van der Waals surface area contributed by atoms with Crippen LogP contribution in [0.3, 0.4) is 0 Å². The Labute approximate surface area is 152 Å². The van der Waals surface area contributed by atoms with Crippen LogP contribution in [0.15, 0.2) is 16.3 Å². The molecule has 7 nitrogen and oxygen atoms in total. The molecule has 140 valence electrons. The topological polar surface area (TPSA) is 92.9 Å². The van der Waals surface area contributed by atoms with Gasteiger partial charge in [-0.1, -0.05) is 0 Å². The maximum atomic E-state index is 13.0. The molecule has 2 aliphatic rings. The maximum absolute atomic E-state index is 13.0. The first-order chi connectivity index (χ1) is 11.9. The minimum Gasteiger partial charge on any atom is -0.379 e. The molecule has 2 N–H and O–H groups in total. The van der Waals surface area contributed by atoms with Gasteiger partial charge < -0.3 is 15.4 Å². The predicted octanol–water partition coefficient (Wildman–Crippen LogP) is 0.968. The van der Waals surface area contributed by atoms with Crippen molar-refractivity contribution in [2.75, 3.05) is 39.4 Å². The lowest BCUT2D eigenvalue weighted by Gasteiger charge is -2.34. The molecule has 0 aliphatic carbocycles. The molecule has 2 saturated heterocycles. The van der Waals surface area contributed by atoms with Gasteiger partial charge in [0.05, 0.1) is 13.2 Å². The monoisotopic (exact) mass is 387 g/mol. The molecule has 9 heteroatoms. The first kappa shape index (κ1) is 18.8. The number of sulfonamides is 1. The lowest BCUT2D eigenvalue weighted by molar-refractivity contribution is 0.0660. The molecule has 2 unspecified atom stereocenters. The standard InChI is InChI=1S/C16H25N3O4S2/c1-12(17)13-3-2-5-18(11-13)16(20)15-14(4-10-24-15)25(21,22)19-6-8-23-9-7-19/h4,10,12-13H,2-3,5-9,11,17H2,1H3. The van der Waals surface area contributed by atoms with Crippen molar-refractivity contribution in [3.8, 4) is 0 Å². The second kappa shape index (κ2) is 7.71. The highest BCUT2D eigenvalue weighted by atomic mass is 32.2. The summed E-state index contributed by atoms with van der Waals surface area (Å²) in [6.45, 7) is 4.61. The minimum atomic E-state index is -3.67. The van der Waals surface area contributed by atoms with Crippen molar-refractivity contribution >= 4 is 27.3 Å². The summed E-state index contributed by atoms with van der Waals surface area (Å²) in [5.74, 6) is 0.0594. The number of amides is 1. The van der Waals surface area contributed by atoms with Gasteiger partial charge >= 0.3 is 0 Å². The van der Waals surface area contributed by atoms with Crippen LogP contribution in [0.25, 0.3) is 0 Å². The van der Waals surface area contributed by atoms with Crippen molar-refractivity contribution in [2.45, 2.75) is 30.7 Å². The van der Waals surface area contributed by atoms with E-state index in [1.165, 1.54) is 21.7 Å². The van der Waals surface area contributed by atoms with Crippen LogP contribution in [-0.4, -0.2) is 69.0 Å². The molecule has 0 bridgehead atoms. The summed E-state index contributed by atoms with van der Waals surface area (Å²) in [5.41, 5.74) is 6.00. The van der Waals surface area contributed by atoms with Crippen LogP contribution in [0, 0.1) is 5.92 Å². The molecule has 2 aliphatic heterocycles. The van der Waals surface area contributed by atoms with E-state index in [-0.39, 0.29) is 22.8 Å². The first-order valence-corrected chi connectivity index (χ1v) is 10.9. The molecule has 25 heavy (non-hydrogen) atoms. The van der Waals surface area contributed by atoms with Crippen LogP contribution in [0.5, 0.6) is 0 Å². The normalized spacial score (nSPS) is 24.2. The second-order valence-corrected chi connectivity index (χ2v) is 9.47. The van der Waals surface area contributed by atoms with Crippen molar-refractivity contribution in [3.63, 3.8) is 0 Å². The maximum Gasteiger partial charge on any atom is 0.265 e. The number of ether oxygens (including phenoxy) is 1. The van der Waals surface area contributed by atoms with E-state index >= 15 is 0 Å². The van der Waals surface area contributed by atoms with Crippen LogP contribution in [0.2, 0.25) is 0 Å². The van der Waals surface area contributed by atoms with Crippen LogP contribution < -0.4 is 5.73 Å². The van der Waals surface area contributed by atoms with Gasteiger partial charge in [0.2, 0.25) is 10.0 Å². The summed E-state index contributed by atoms with van der Waals surface area (Å²) in [5, 5.41) is 1.67.